The van der Waals surface area contributed by atoms with Crippen molar-refractivity contribution in [3.63, 3.8) is 0 Å². The fraction of sp³-hybridized carbons (Fsp3) is 0.938. The minimum absolute atomic E-state index is 0.159. The molecule has 4 heteroatoms. The predicted molar refractivity (Wildman–Crippen MR) is 80.6 cm³/mol. The molecular weight excluding hydrogens is 256 g/mol. The van der Waals surface area contributed by atoms with Crippen molar-refractivity contribution in [2.75, 3.05) is 13.2 Å². The molecular formula is C16H32O4. The molecule has 0 aromatic heterocycles. The van der Waals surface area contributed by atoms with Crippen LogP contribution >= 0.6 is 0 Å². The first-order chi connectivity index (χ1) is 9.20. The van der Waals surface area contributed by atoms with Gasteiger partial charge in [0, 0.05) is 6.42 Å². The van der Waals surface area contributed by atoms with E-state index in [-0.39, 0.29) is 25.3 Å². The third kappa shape index (κ3) is 13.8. The minimum Gasteiger partial charge on any atom is -0.463 e. The SMILES string of the molecule is CC(O)COC(C)COC(=O)CCCCCC(C)(C)C. The summed E-state index contributed by atoms with van der Waals surface area (Å²) in [6.07, 6.45) is 4.12. The Hall–Kier alpha value is -0.610. The van der Waals surface area contributed by atoms with Crippen LogP contribution in [0.3, 0.4) is 0 Å². The Morgan fingerprint density at radius 3 is 2.30 bits per heavy atom. The Balaban J connectivity index is 3.50. The van der Waals surface area contributed by atoms with Gasteiger partial charge in [0.2, 0.25) is 0 Å². The van der Waals surface area contributed by atoms with Crippen molar-refractivity contribution in [1.29, 1.82) is 0 Å². The lowest BCUT2D eigenvalue weighted by atomic mass is 9.89. The zero-order valence-corrected chi connectivity index (χ0v) is 13.8. The van der Waals surface area contributed by atoms with Crippen LogP contribution in [0.5, 0.6) is 0 Å². The molecule has 4 nitrogen and oxygen atoms in total. The van der Waals surface area contributed by atoms with E-state index in [1.807, 2.05) is 6.92 Å². The summed E-state index contributed by atoms with van der Waals surface area (Å²) in [7, 11) is 0. The second kappa shape index (κ2) is 10.2. The number of esters is 1. The van der Waals surface area contributed by atoms with Crippen LogP contribution in [-0.4, -0.2) is 36.5 Å². The number of rotatable bonds is 10. The van der Waals surface area contributed by atoms with Crippen LogP contribution in [-0.2, 0) is 14.3 Å². The van der Waals surface area contributed by atoms with Crippen molar-refractivity contribution in [3.05, 3.63) is 0 Å². The van der Waals surface area contributed by atoms with Gasteiger partial charge in [-0.2, -0.15) is 0 Å². The van der Waals surface area contributed by atoms with Crippen LogP contribution in [0.25, 0.3) is 0 Å². The molecule has 0 rings (SSSR count). The van der Waals surface area contributed by atoms with Crippen LogP contribution in [0.15, 0.2) is 0 Å². The molecule has 0 spiro atoms. The Labute approximate surface area is 123 Å². The van der Waals surface area contributed by atoms with Crippen molar-refractivity contribution >= 4 is 5.97 Å². The lowest BCUT2D eigenvalue weighted by Crippen LogP contribution is -2.23. The largest absolute Gasteiger partial charge is 0.463 e. The van der Waals surface area contributed by atoms with E-state index in [9.17, 15) is 4.79 Å². The molecule has 0 aromatic rings. The average Bonchev–Trinajstić information content (AvgIpc) is 2.32. The number of carbonyl (C=O) groups is 1. The highest BCUT2D eigenvalue weighted by atomic mass is 16.6. The molecule has 2 unspecified atom stereocenters. The Morgan fingerprint density at radius 1 is 1.10 bits per heavy atom. The van der Waals surface area contributed by atoms with E-state index in [0.29, 0.717) is 11.8 Å². The van der Waals surface area contributed by atoms with Crippen molar-refractivity contribution in [3.8, 4) is 0 Å². The maximum Gasteiger partial charge on any atom is 0.305 e. The standard InChI is InChI=1S/C16H32O4/c1-13(17)11-19-14(2)12-20-15(18)9-7-6-8-10-16(3,4)5/h13-14,17H,6-12H2,1-5H3. The summed E-state index contributed by atoms with van der Waals surface area (Å²) in [5, 5.41) is 9.07. The van der Waals surface area contributed by atoms with E-state index in [0.717, 1.165) is 19.3 Å². The number of aliphatic hydroxyl groups is 1. The Kier molecular flexibility index (Phi) is 9.86. The van der Waals surface area contributed by atoms with Crippen molar-refractivity contribution in [1.82, 2.24) is 0 Å². The molecule has 0 amide bonds. The zero-order chi connectivity index (χ0) is 15.6. The molecule has 0 aliphatic rings. The summed E-state index contributed by atoms with van der Waals surface area (Å²) in [5.41, 5.74) is 0.372. The van der Waals surface area contributed by atoms with Crippen LogP contribution in [0.2, 0.25) is 0 Å². The summed E-state index contributed by atoms with van der Waals surface area (Å²) < 4.78 is 10.4. The van der Waals surface area contributed by atoms with Gasteiger partial charge in [-0.15, -0.1) is 0 Å². The molecule has 1 N–H and O–H groups in total. The molecule has 20 heavy (non-hydrogen) atoms. The molecule has 0 aromatic carbocycles. The summed E-state index contributed by atoms with van der Waals surface area (Å²) in [5.74, 6) is -0.159. The number of carbonyl (C=O) groups excluding carboxylic acids is 1. The molecule has 0 bridgehead atoms. The Morgan fingerprint density at radius 2 is 1.75 bits per heavy atom. The molecule has 0 aliphatic heterocycles. The van der Waals surface area contributed by atoms with E-state index in [4.69, 9.17) is 14.6 Å². The lowest BCUT2D eigenvalue weighted by Gasteiger charge is -2.17. The van der Waals surface area contributed by atoms with E-state index in [1.165, 1.54) is 6.42 Å². The summed E-state index contributed by atoms with van der Waals surface area (Å²) in [6.45, 7) is 10.7. The maximum absolute atomic E-state index is 11.5. The molecule has 0 saturated carbocycles. The highest BCUT2D eigenvalue weighted by molar-refractivity contribution is 5.69. The topological polar surface area (TPSA) is 55.8 Å². The lowest BCUT2D eigenvalue weighted by molar-refractivity contribution is -0.148. The average molecular weight is 288 g/mol. The fourth-order valence-electron chi connectivity index (χ4n) is 1.74. The third-order valence-corrected chi connectivity index (χ3v) is 2.91. The number of hydrogen-bond acceptors (Lipinski definition) is 4. The van der Waals surface area contributed by atoms with Crippen LogP contribution in [0, 0.1) is 5.41 Å². The molecule has 0 fully saturated rings. The van der Waals surface area contributed by atoms with Gasteiger partial charge in [-0.1, -0.05) is 33.6 Å². The van der Waals surface area contributed by atoms with Crippen molar-refractivity contribution in [2.45, 2.75) is 78.9 Å². The summed E-state index contributed by atoms with van der Waals surface area (Å²) >= 11 is 0. The van der Waals surface area contributed by atoms with Gasteiger partial charge < -0.3 is 14.6 Å². The van der Waals surface area contributed by atoms with Gasteiger partial charge in [0.05, 0.1) is 18.8 Å². The van der Waals surface area contributed by atoms with Gasteiger partial charge in [-0.3, -0.25) is 4.79 Å². The van der Waals surface area contributed by atoms with Gasteiger partial charge in [-0.25, -0.2) is 0 Å². The first-order valence-electron chi connectivity index (χ1n) is 7.66. The smallest absolute Gasteiger partial charge is 0.305 e. The van der Waals surface area contributed by atoms with Gasteiger partial charge in [0.15, 0.2) is 0 Å². The first kappa shape index (κ1) is 19.4. The molecule has 120 valence electrons. The Bertz CT molecular complexity index is 256. The summed E-state index contributed by atoms with van der Waals surface area (Å²) in [6, 6.07) is 0. The molecule has 2 atom stereocenters. The highest BCUT2D eigenvalue weighted by Crippen LogP contribution is 2.22. The molecule has 0 aliphatic carbocycles. The molecule has 0 heterocycles. The van der Waals surface area contributed by atoms with Crippen molar-refractivity contribution in [2.24, 2.45) is 5.41 Å². The predicted octanol–water partition coefficient (Wildman–Crippen LogP) is 3.31. The van der Waals surface area contributed by atoms with Gasteiger partial charge in [0.1, 0.15) is 6.61 Å². The second-order valence-electron chi connectivity index (χ2n) is 6.80. The normalized spacial score (nSPS) is 14.9. The summed E-state index contributed by atoms with van der Waals surface area (Å²) in [4.78, 5) is 11.5. The highest BCUT2D eigenvalue weighted by Gasteiger charge is 2.11. The first-order valence-corrected chi connectivity index (χ1v) is 7.66. The van der Waals surface area contributed by atoms with Crippen LogP contribution in [0.1, 0.15) is 66.7 Å². The second-order valence-corrected chi connectivity index (χ2v) is 6.80. The monoisotopic (exact) mass is 288 g/mol. The molecule has 0 radical (unpaired) electrons. The minimum atomic E-state index is -0.490. The van der Waals surface area contributed by atoms with Crippen LogP contribution < -0.4 is 0 Å². The molecule has 0 saturated heterocycles. The number of ether oxygens (including phenoxy) is 2. The number of unbranched alkanes of at least 4 members (excludes halogenated alkanes) is 2. The van der Waals surface area contributed by atoms with Gasteiger partial charge >= 0.3 is 5.97 Å². The number of hydrogen-bond donors (Lipinski definition) is 1. The van der Waals surface area contributed by atoms with E-state index in [1.54, 1.807) is 6.92 Å². The third-order valence-electron chi connectivity index (χ3n) is 2.91. The van der Waals surface area contributed by atoms with E-state index < -0.39 is 6.10 Å². The number of aliphatic hydroxyl groups excluding tert-OH is 1. The maximum atomic E-state index is 11.5. The van der Waals surface area contributed by atoms with Gasteiger partial charge in [-0.05, 0) is 32.1 Å². The van der Waals surface area contributed by atoms with E-state index >= 15 is 0 Å². The quantitative estimate of drug-likeness (QED) is 0.495. The van der Waals surface area contributed by atoms with E-state index in [2.05, 4.69) is 20.8 Å². The fourth-order valence-corrected chi connectivity index (χ4v) is 1.74. The van der Waals surface area contributed by atoms with Crippen molar-refractivity contribution < 1.29 is 19.4 Å². The van der Waals surface area contributed by atoms with Crippen LogP contribution in [0.4, 0.5) is 0 Å². The zero-order valence-electron chi connectivity index (χ0n) is 13.8. The van der Waals surface area contributed by atoms with Gasteiger partial charge in [0.25, 0.3) is 0 Å².